The van der Waals surface area contributed by atoms with Gasteiger partial charge in [-0.15, -0.1) is 0 Å². The molecule has 120 valence electrons. The van der Waals surface area contributed by atoms with Gasteiger partial charge in [-0.05, 0) is 58.5 Å². The summed E-state index contributed by atoms with van der Waals surface area (Å²) >= 11 is 0. The second-order valence-electron chi connectivity index (χ2n) is 6.31. The summed E-state index contributed by atoms with van der Waals surface area (Å²) in [7, 11) is 4.23. The van der Waals surface area contributed by atoms with E-state index in [1.54, 1.807) is 0 Å². The van der Waals surface area contributed by atoms with Crippen molar-refractivity contribution < 1.29 is 4.74 Å². The second kappa shape index (κ2) is 8.40. The van der Waals surface area contributed by atoms with Crippen LogP contribution in [0.5, 0.6) is 5.75 Å². The van der Waals surface area contributed by atoms with Crippen molar-refractivity contribution in [3.05, 3.63) is 29.8 Å². The van der Waals surface area contributed by atoms with E-state index in [0.29, 0.717) is 6.04 Å². The lowest BCUT2D eigenvalue weighted by Gasteiger charge is -2.37. The first-order chi connectivity index (χ1) is 9.94. The molecule has 3 heteroatoms. The Balaban J connectivity index is 2.71. The van der Waals surface area contributed by atoms with E-state index in [1.165, 1.54) is 5.56 Å². The Morgan fingerprint density at radius 3 is 2.29 bits per heavy atom. The van der Waals surface area contributed by atoms with Gasteiger partial charge < -0.3 is 10.1 Å². The number of nitrogens with one attached hydrogen (secondary N) is 1. The van der Waals surface area contributed by atoms with E-state index in [-0.39, 0.29) is 5.54 Å². The average Bonchev–Trinajstić information content (AvgIpc) is 2.50. The first kappa shape index (κ1) is 18.0. The van der Waals surface area contributed by atoms with E-state index in [1.807, 2.05) is 7.05 Å². The third-order valence-electron chi connectivity index (χ3n) is 4.46. The predicted octanol–water partition coefficient (Wildman–Crippen LogP) is 3.86. The van der Waals surface area contributed by atoms with E-state index in [0.717, 1.165) is 31.7 Å². The summed E-state index contributed by atoms with van der Waals surface area (Å²) in [4.78, 5) is 2.43. The Hall–Kier alpha value is -1.06. The third kappa shape index (κ3) is 5.33. The summed E-state index contributed by atoms with van der Waals surface area (Å²) in [6.07, 6.45) is 2.18. The van der Waals surface area contributed by atoms with Gasteiger partial charge in [-0.25, -0.2) is 0 Å². The smallest absolute Gasteiger partial charge is 0.119 e. The van der Waals surface area contributed by atoms with Crippen molar-refractivity contribution >= 4 is 0 Å². The van der Waals surface area contributed by atoms with Crippen LogP contribution in [0.25, 0.3) is 0 Å². The zero-order valence-corrected chi connectivity index (χ0v) is 14.6. The Labute approximate surface area is 130 Å². The van der Waals surface area contributed by atoms with Gasteiger partial charge in [0, 0.05) is 18.1 Å². The topological polar surface area (TPSA) is 24.5 Å². The zero-order chi connectivity index (χ0) is 15.9. The SMILES string of the molecule is CCCOc1ccc(C(CN(C)C(C)(C)CC)NC)cc1. The molecule has 21 heavy (non-hydrogen) atoms. The molecule has 0 fully saturated rings. The second-order valence-corrected chi connectivity index (χ2v) is 6.31. The molecule has 0 aliphatic carbocycles. The molecule has 0 aromatic heterocycles. The van der Waals surface area contributed by atoms with E-state index in [2.05, 4.69) is 69.2 Å². The molecule has 3 nitrogen and oxygen atoms in total. The van der Waals surface area contributed by atoms with Crippen LogP contribution < -0.4 is 10.1 Å². The predicted molar refractivity (Wildman–Crippen MR) is 91.0 cm³/mol. The Bertz CT molecular complexity index is 400. The molecule has 1 aromatic carbocycles. The van der Waals surface area contributed by atoms with Crippen molar-refractivity contribution in [3.8, 4) is 5.75 Å². The Morgan fingerprint density at radius 1 is 1.19 bits per heavy atom. The number of hydrogen-bond acceptors (Lipinski definition) is 3. The molecule has 0 heterocycles. The first-order valence-electron chi connectivity index (χ1n) is 8.05. The molecule has 0 spiro atoms. The van der Waals surface area contributed by atoms with Gasteiger partial charge in [0.25, 0.3) is 0 Å². The van der Waals surface area contributed by atoms with Gasteiger partial charge in [0.15, 0.2) is 0 Å². The number of hydrogen-bond donors (Lipinski definition) is 1. The van der Waals surface area contributed by atoms with Crippen LogP contribution in [0.3, 0.4) is 0 Å². The molecule has 0 saturated carbocycles. The first-order valence-corrected chi connectivity index (χ1v) is 8.05. The number of likely N-dealkylation sites (N-methyl/N-ethyl adjacent to an activating group) is 2. The minimum Gasteiger partial charge on any atom is -0.494 e. The Kier molecular flexibility index (Phi) is 7.20. The minimum atomic E-state index is 0.222. The van der Waals surface area contributed by atoms with E-state index >= 15 is 0 Å². The van der Waals surface area contributed by atoms with E-state index in [4.69, 9.17) is 4.74 Å². The van der Waals surface area contributed by atoms with Crippen molar-refractivity contribution in [1.82, 2.24) is 10.2 Å². The molecule has 1 rings (SSSR count). The minimum absolute atomic E-state index is 0.222. The van der Waals surface area contributed by atoms with Gasteiger partial charge >= 0.3 is 0 Å². The third-order valence-corrected chi connectivity index (χ3v) is 4.46. The van der Waals surface area contributed by atoms with Crippen LogP contribution >= 0.6 is 0 Å². The number of benzene rings is 1. The fourth-order valence-corrected chi connectivity index (χ4v) is 2.17. The maximum atomic E-state index is 5.65. The van der Waals surface area contributed by atoms with Crippen LogP contribution in [0.15, 0.2) is 24.3 Å². The van der Waals surface area contributed by atoms with Crippen LogP contribution in [0.1, 0.15) is 52.1 Å². The fourth-order valence-electron chi connectivity index (χ4n) is 2.17. The summed E-state index contributed by atoms with van der Waals surface area (Å²) in [5.74, 6) is 0.956. The standard InChI is InChI=1S/C18H32N2O/c1-7-13-21-16-11-9-15(10-12-16)17(19-5)14-20(6)18(3,4)8-2/h9-12,17,19H,7-8,13-14H2,1-6H3. The van der Waals surface area contributed by atoms with Gasteiger partial charge in [0.2, 0.25) is 0 Å². The molecular formula is C18H32N2O. The van der Waals surface area contributed by atoms with Gasteiger partial charge in [-0.1, -0.05) is 26.0 Å². The number of rotatable bonds is 9. The maximum absolute atomic E-state index is 5.65. The molecule has 0 saturated heterocycles. The number of ether oxygens (including phenoxy) is 1. The van der Waals surface area contributed by atoms with Crippen LogP contribution in [0.4, 0.5) is 0 Å². The lowest BCUT2D eigenvalue weighted by atomic mass is 9.98. The van der Waals surface area contributed by atoms with Crippen LogP contribution in [0, 0.1) is 0 Å². The highest BCUT2D eigenvalue weighted by molar-refractivity contribution is 5.29. The van der Waals surface area contributed by atoms with E-state index < -0.39 is 0 Å². The average molecular weight is 292 g/mol. The molecule has 0 amide bonds. The normalized spacial score (nSPS) is 13.5. The van der Waals surface area contributed by atoms with E-state index in [9.17, 15) is 0 Å². The van der Waals surface area contributed by atoms with Crippen molar-refractivity contribution in [2.24, 2.45) is 0 Å². The molecule has 0 aliphatic heterocycles. The molecule has 0 radical (unpaired) electrons. The lowest BCUT2D eigenvalue weighted by molar-refractivity contribution is 0.137. The highest BCUT2D eigenvalue weighted by Crippen LogP contribution is 2.23. The molecule has 0 bridgehead atoms. The molecule has 0 aliphatic rings. The molecule has 1 aromatic rings. The maximum Gasteiger partial charge on any atom is 0.119 e. The summed E-state index contributed by atoms with van der Waals surface area (Å²) in [6.45, 7) is 10.7. The van der Waals surface area contributed by atoms with Gasteiger partial charge in [-0.2, -0.15) is 0 Å². The van der Waals surface area contributed by atoms with Crippen LogP contribution in [-0.4, -0.2) is 37.7 Å². The lowest BCUT2D eigenvalue weighted by Crippen LogP contribution is -2.44. The number of nitrogens with zero attached hydrogens (tertiary/aromatic N) is 1. The summed E-state index contributed by atoms with van der Waals surface area (Å²) in [5.41, 5.74) is 1.53. The van der Waals surface area contributed by atoms with Crippen molar-refractivity contribution in [2.75, 3.05) is 27.2 Å². The highest BCUT2D eigenvalue weighted by atomic mass is 16.5. The molecular weight excluding hydrogens is 260 g/mol. The largest absolute Gasteiger partial charge is 0.494 e. The fraction of sp³-hybridized carbons (Fsp3) is 0.667. The van der Waals surface area contributed by atoms with Gasteiger partial charge in [0.05, 0.1) is 6.61 Å². The Morgan fingerprint density at radius 2 is 1.81 bits per heavy atom. The monoisotopic (exact) mass is 292 g/mol. The summed E-state index contributed by atoms with van der Waals surface area (Å²) < 4.78 is 5.65. The van der Waals surface area contributed by atoms with Crippen molar-refractivity contribution in [2.45, 2.75) is 52.1 Å². The van der Waals surface area contributed by atoms with Crippen molar-refractivity contribution in [3.63, 3.8) is 0 Å². The van der Waals surface area contributed by atoms with Crippen LogP contribution in [-0.2, 0) is 0 Å². The quantitative estimate of drug-likeness (QED) is 0.748. The summed E-state index contributed by atoms with van der Waals surface area (Å²) in [6, 6.07) is 8.81. The zero-order valence-electron chi connectivity index (χ0n) is 14.6. The van der Waals surface area contributed by atoms with Gasteiger partial charge in [-0.3, -0.25) is 4.90 Å². The molecule has 1 N–H and O–H groups in total. The molecule has 1 unspecified atom stereocenters. The van der Waals surface area contributed by atoms with Crippen LogP contribution in [0.2, 0.25) is 0 Å². The van der Waals surface area contributed by atoms with Crippen molar-refractivity contribution in [1.29, 1.82) is 0 Å². The summed E-state index contributed by atoms with van der Waals surface area (Å²) in [5, 5.41) is 3.43. The molecule has 1 atom stereocenters. The highest BCUT2D eigenvalue weighted by Gasteiger charge is 2.23. The van der Waals surface area contributed by atoms with Gasteiger partial charge in [0.1, 0.15) is 5.75 Å².